The number of anilines is 1. The zero-order valence-corrected chi connectivity index (χ0v) is 16.8. The van der Waals surface area contributed by atoms with Gasteiger partial charge in [-0.05, 0) is 42.7 Å². The molecule has 2 heterocycles. The maximum Gasteiger partial charge on any atom is 0.313 e. The summed E-state index contributed by atoms with van der Waals surface area (Å²) in [5.41, 5.74) is 3.85. The first kappa shape index (κ1) is 18.1. The molecule has 4 rings (SSSR count). The molecule has 3 aromatic rings. The molecule has 0 saturated carbocycles. The van der Waals surface area contributed by atoms with Gasteiger partial charge in [-0.3, -0.25) is 10.4 Å². The van der Waals surface area contributed by atoms with Gasteiger partial charge in [-0.2, -0.15) is 0 Å². The Morgan fingerprint density at radius 2 is 1.96 bits per heavy atom. The van der Waals surface area contributed by atoms with Gasteiger partial charge < -0.3 is 0 Å². The maximum absolute atomic E-state index is 10.7. The van der Waals surface area contributed by atoms with Crippen LogP contribution in [0, 0.1) is 0 Å². The number of thioether (sulfide) groups is 1. The predicted molar refractivity (Wildman–Crippen MR) is 111 cm³/mol. The highest BCUT2D eigenvalue weighted by atomic mass is 32.2. The van der Waals surface area contributed by atoms with Crippen LogP contribution in [0.4, 0.5) is 5.69 Å². The predicted octanol–water partition coefficient (Wildman–Crippen LogP) is 5.62. The summed E-state index contributed by atoms with van der Waals surface area (Å²) in [6, 6.07) is 13.9. The van der Waals surface area contributed by atoms with Crippen molar-refractivity contribution in [2.45, 2.75) is 31.6 Å². The van der Waals surface area contributed by atoms with Crippen LogP contribution in [0.3, 0.4) is 0 Å². The molecule has 1 aromatic heterocycles. The normalized spacial score (nSPS) is 15.7. The highest BCUT2D eigenvalue weighted by Gasteiger charge is 2.25. The van der Waals surface area contributed by atoms with Gasteiger partial charge in [0, 0.05) is 21.3 Å². The van der Waals surface area contributed by atoms with E-state index in [1.54, 1.807) is 23.1 Å². The number of aromatic nitrogens is 1. The fourth-order valence-corrected chi connectivity index (χ4v) is 5.28. The zero-order chi connectivity index (χ0) is 19.0. The second-order valence-corrected chi connectivity index (χ2v) is 8.43. The van der Waals surface area contributed by atoms with E-state index in [1.165, 1.54) is 9.79 Å². The van der Waals surface area contributed by atoms with E-state index in [0.29, 0.717) is 0 Å². The molecule has 1 aliphatic heterocycles. The number of hydroxylamine groups is 1. The first-order valence-electron chi connectivity index (χ1n) is 8.96. The molecule has 0 atom stereocenters. The largest absolute Gasteiger partial charge is 0.313 e. The average Bonchev–Trinajstić information content (AvgIpc) is 3.18. The van der Waals surface area contributed by atoms with Crippen molar-refractivity contribution < 1.29 is 15.1 Å². The quantitative estimate of drug-likeness (QED) is 0.443. The van der Waals surface area contributed by atoms with Gasteiger partial charge in [-0.1, -0.05) is 61.2 Å². The molecule has 0 saturated heterocycles. The van der Waals surface area contributed by atoms with Crippen molar-refractivity contribution in [3.05, 3.63) is 69.7 Å². The van der Waals surface area contributed by atoms with Gasteiger partial charge in [0.1, 0.15) is 9.73 Å². The summed E-state index contributed by atoms with van der Waals surface area (Å²) in [7, 11) is 0. The maximum atomic E-state index is 10.7. The minimum absolute atomic E-state index is 0.768. The van der Waals surface area contributed by atoms with E-state index in [1.807, 2.05) is 54.6 Å². The second-order valence-electron chi connectivity index (χ2n) is 6.31. The molecule has 138 valence electrons. The number of hydrogen-bond donors (Lipinski definition) is 2. The number of rotatable bonds is 4. The topological polar surface area (TPSA) is 47.6 Å². The van der Waals surface area contributed by atoms with Crippen LogP contribution < -0.4 is 9.79 Å². The zero-order valence-electron chi connectivity index (χ0n) is 15.2. The number of thiazole rings is 1. The molecule has 0 unspecified atom stereocenters. The fraction of sp³-hybridized carbons (Fsp3) is 0.190. The van der Waals surface area contributed by atoms with Gasteiger partial charge in [0.2, 0.25) is 0 Å². The Bertz CT molecular complexity index is 1070. The molecule has 4 nitrogen and oxygen atoms in total. The van der Waals surface area contributed by atoms with Crippen molar-refractivity contribution in [3.63, 3.8) is 0 Å². The van der Waals surface area contributed by atoms with Crippen molar-refractivity contribution in [1.29, 1.82) is 0 Å². The minimum atomic E-state index is 0.768. The Kier molecular flexibility index (Phi) is 4.95. The number of nitrogens with zero attached hydrogens (tertiary/aromatic N) is 2. The molecule has 0 spiro atoms. The monoisotopic (exact) mass is 397 g/mol. The average molecular weight is 398 g/mol. The smallest absolute Gasteiger partial charge is 0.283 e. The van der Waals surface area contributed by atoms with E-state index in [0.717, 1.165) is 54.8 Å². The van der Waals surface area contributed by atoms with E-state index in [2.05, 4.69) is 13.8 Å². The van der Waals surface area contributed by atoms with E-state index in [-0.39, 0.29) is 0 Å². The van der Waals surface area contributed by atoms with Crippen molar-refractivity contribution >= 4 is 45.1 Å². The number of aryl methyl sites for hydroxylation is 1. The second kappa shape index (κ2) is 7.38. The van der Waals surface area contributed by atoms with E-state index >= 15 is 0 Å². The highest BCUT2D eigenvalue weighted by Crippen LogP contribution is 2.45. The van der Waals surface area contributed by atoms with Crippen LogP contribution in [0.5, 0.6) is 0 Å². The molecule has 1 aliphatic rings. The summed E-state index contributed by atoms with van der Waals surface area (Å²) in [4.78, 5) is 1.04. The Morgan fingerprint density at radius 1 is 1.15 bits per heavy atom. The Balaban J connectivity index is 1.73. The van der Waals surface area contributed by atoms with Crippen molar-refractivity contribution in [2.24, 2.45) is 0 Å². The van der Waals surface area contributed by atoms with Crippen LogP contribution in [0.1, 0.15) is 30.8 Å². The third kappa shape index (κ3) is 3.25. The molecule has 0 radical (unpaired) electrons. The minimum Gasteiger partial charge on any atom is -0.283 e. The van der Waals surface area contributed by atoms with Crippen molar-refractivity contribution in [2.75, 3.05) is 5.06 Å². The molecular formula is C21H21N2O2S2+. The van der Waals surface area contributed by atoms with Crippen LogP contribution in [0.25, 0.3) is 16.3 Å². The van der Waals surface area contributed by atoms with Crippen molar-refractivity contribution in [3.8, 4) is 0 Å². The summed E-state index contributed by atoms with van der Waals surface area (Å²) in [6.07, 6.45) is 5.64. The Labute approximate surface area is 166 Å². The first-order chi connectivity index (χ1) is 13.1. The van der Waals surface area contributed by atoms with Crippen LogP contribution >= 0.6 is 23.1 Å². The van der Waals surface area contributed by atoms with E-state index < -0.39 is 0 Å². The molecule has 27 heavy (non-hydrogen) atoms. The van der Waals surface area contributed by atoms with Gasteiger partial charge in [-0.25, -0.2) is 5.06 Å². The Morgan fingerprint density at radius 3 is 2.70 bits per heavy atom. The SMILES string of the molecule is CCC(=Cc1sc2cccc(CC)c2[n+]1O)C=C1Sc2ccccc2N1O. The molecule has 6 heteroatoms. The van der Waals surface area contributed by atoms with Gasteiger partial charge in [-0.15, -0.1) is 0 Å². The third-order valence-electron chi connectivity index (χ3n) is 4.64. The molecule has 2 N–H and O–H groups in total. The van der Waals surface area contributed by atoms with Crippen molar-refractivity contribution in [1.82, 2.24) is 0 Å². The fourth-order valence-electron chi connectivity index (χ4n) is 3.18. The lowest BCUT2D eigenvalue weighted by atomic mass is 10.1. The standard InChI is InChI=1S/C21H21N2O2S2/c1-3-14(12-19-22(24)16-9-5-6-10-17(16)26-19)13-20-23(25)21-15(4-2)8-7-11-18(21)27-20/h5-13,24-25H,3-4H2,1-2H3/q+1. The molecule has 0 bridgehead atoms. The van der Waals surface area contributed by atoms with Gasteiger partial charge in [0.25, 0.3) is 5.52 Å². The summed E-state index contributed by atoms with van der Waals surface area (Å²) in [5.74, 6) is 0. The first-order valence-corrected chi connectivity index (χ1v) is 10.6. The Hall–Kier alpha value is -2.28. The number of fused-ring (bicyclic) bond motifs is 2. The number of allylic oxidation sites excluding steroid dienone is 2. The highest BCUT2D eigenvalue weighted by molar-refractivity contribution is 8.03. The summed E-state index contributed by atoms with van der Waals surface area (Å²) in [5, 5.41) is 23.9. The molecule has 0 aliphatic carbocycles. The molecule has 0 amide bonds. The van der Waals surface area contributed by atoms with Gasteiger partial charge in [0.05, 0.1) is 5.69 Å². The van der Waals surface area contributed by atoms with Gasteiger partial charge in [0.15, 0.2) is 0 Å². The van der Waals surface area contributed by atoms with Gasteiger partial charge >= 0.3 is 5.01 Å². The van der Waals surface area contributed by atoms with Crippen LogP contribution in [-0.2, 0) is 6.42 Å². The lowest BCUT2D eigenvalue weighted by Crippen LogP contribution is -2.31. The summed E-state index contributed by atoms with van der Waals surface area (Å²) < 4.78 is 2.36. The summed E-state index contributed by atoms with van der Waals surface area (Å²) >= 11 is 3.11. The van der Waals surface area contributed by atoms with Crippen LogP contribution in [-0.4, -0.2) is 10.4 Å². The molecular weight excluding hydrogens is 376 g/mol. The number of hydrogen-bond acceptors (Lipinski definition) is 5. The molecule has 0 fully saturated rings. The number of benzene rings is 2. The van der Waals surface area contributed by atoms with E-state index in [9.17, 15) is 10.4 Å². The van der Waals surface area contributed by atoms with E-state index in [4.69, 9.17) is 0 Å². The number of para-hydroxylation sites is 2. The van der Waals surface area contributed by atoms with Crippen LogP contribution in [0.2, 0.25) is 0 Å². The lowest BCUT2D eigenvalue weighted by Gasteiger charge is -2.11. The van der Waals surface area contributed by atoms with Crippen LogP contribution in [0.15, 0.2) is 64.0 Å². The molecule has 2 aromatic carbocycles. The summed E-state index contributed by atoms with van der Waals surface area (Å²) in [6.45, 7) is 4.17. The third-order valence-corrected chi connectivity index (χ3v) is 6.76. The lowest BCUT2D eigenvalue weighted by molar-refractivity contribution is -0.882.